The third kappa shape index (κ3) is 2.67. The van der Waals surface area contributed by atoms with Gasteiger partial charge in [-0.1, -0.05) is 18.2 Å². The minimum absolute atomic E-state index is 0.0585. The van der Waals surface area contributed by atoms with Crippen LogP contribution in [0.15, 0.2) is 30.5 Å². The molecule has 128 valence electrons. The van der Waals surface area contributed by atoms with E-state index in [0.717, 1.165) is 17.4 Å². The molecule has 2 amide bonds. The molecule has 2 heterocycles. The normalized spacial score (nSPS) is 21.0. The van der Waals surface area contributed by atoms with Crippen LogP contribution < -0.4 is 5.32 Å². The molecule has 3 rings (SSSR count). The lowest BCUT2D eigenvalue weighted by Crippen LogP contribution is -2.58. The topological polar surface area (TPSA) is 63.6 Å². The summed E-state index contributed by atoms with van der Waals surface area (Å²) < 4.78 is 7.71. The molecule has 24 heavy (non-hydrogen) atoms. The number of hydrogen-bond acceptors (Lipinski definition) is 3. The molecular formula is C18H23N3O3. The minimum Gasteiger partial charge on any atom is -0.362 e. The van der Waals surface area contributed by atoms with E-state index in [1.54, 1.807) is 18.9 Å². The van der Waals surface area contributed by atoms with Gasteiger partial charge in [-0.05, 0) is 19.9 Å². The van der Waals surface area contributed by atoms with E-state index in [0.29, 0.717) is 18.7 Å². The average molecular weight is 329 g/mol. The lowest BCUT2D eigenvalue weighted by atomic mass is 10.0. The van der Waals surface area contributed by atoms with E-state index in [-0.39, 0.29) is 18.4 Å². The van der Waals surface area contributed by atoms with Gasteiger partial charge < -0.3 is 19.5 Å². The molecule has 1 aromatic carbocycles. The standard InChI is InChI=1S/C18H23N3O3/c1-4-20-11-14(13-7-5-6-8-15(13)20)16(22)21-9-10-24-18(2,12-21)17(23)19-3/h5-8,11H,4,9-10,12H2,1-3H3,(H,19,23). The Bertz CT molecular complexity index is 783. The molecule has 0 saturated carbocycles. The number of para-hydroxylation sites is 1. The first kappa shape index (κ1) is 16.5. The van der Waals surface area contributed by atoms with Gasteiger partial charge in [0.05, 0.1) is 18.7 Å². The zero-order valence-corrected chi connectivity index (χ0v) is 14.3. The van der Waals surface area contributed by atoms with Gasteiger partial charge in [0.1, 0.15) is 0 Å². The number of morpholine rings is 1. The van der Waals surface area contributed by atoms with Gasteiger partial charge in [-0.2, -0.15) is 0 Å². The summed E-state index contributed by atoms with van der Waals surface area (Å²) in [6, 6.07) is 7.89. The van der Waals surface area contributed by atoms with Crippen molar-refractivity contribution in [2.24, 2.45) is 0 Å². The molecule has 2 aromatic rings. The van der Waals surface area contributed by atoms with Gasteiger partial charge in [0.2, 0.25) is 0 Å². The van der Waals surface area contributed by atoms with E-state index in [1.807, 2.05) is 30.5 Å². The third-order valence-electron chi connectivity index (χ3n) is 4.63. The third-order valence-corrected chi connectivity index (χ3v) is 4.63. The molecule has 6 nitrogen and oxygen atoms in total. The van der Waals surface area contributed by atoms with E-state index in [9.17, 15) is 9.59 Å². The van der Waals surface area contributed by atoms with Crippen LogP contribution in [0.1, 0.15) is 24.2 Å². The van der Waals surface area contributed by atoms with Gasteiger partial charge in [0.25, 0.3) is 11.8 Å². The molecule has 1 fully saturated rings. The number of hydrogen-bond donors (Lipinski definition) is 1. The van der Waals surface area contributed by atoms with Crippen molar-refractivity contribution < 1.29 is 14.3 Å². The number of aromatic nitrogens is 1. The van der Waals surface area contributed by atoms with Crippen molar-refractivity contribution >= 4 is 22.7 Å². The highest BCUT2D eigenvalue weighted by atomic mass is 16.5. The zero-order chi connectivity index (χ0) is 17.3. The fourth-order valence-corrected chi connectivity index (χ4v) is 3.29. The highest BCUT2D eigenvalue weighted by molar-refractivity contribution is 6.07. The Kier molecular flexibility index (Phi) is 4.32. The molecule has 0 spiro atoms. The van der Waals surface area contributed by atoms with Crippen LogP contribution in [0.5, 0.6) is 0 Å². The fraction of sp³-hybridized carbons (Fsp3) is 0.444. The van der Waals surface area contributed by atoms with Crippen molar-refractivity contribution in [1.29, 1.82) is 0 Å². The summed E-state index contributed by atoms with van der Waals surface area (Å²) in [4.78, 5) is 26.9. The number of benzene rings is 1. The summed E-state index contributed by atoms with van der Waals surface area (Å²) in [5.74, 6) is -0.271. The predicted molar refractivity (Wildman–Crippen MR) is 91.9 cm³/mol. The minimum atomic E-state index is -1.01. The Morgan fingerprint density at radius 3 is 2.79 bits per heavy atom. The highest BCUT2D eigenvalue weighted by Crippen LogP contribution is 2.25. The molecule has 1 aliphatic rings. The van der Waals surface area contributed by atoms with E-state index in [2.05, 4.69) is 16.8 Å². The molecule has 0 bridgehead atoms. The van der Waals surface area contributed by atoms with Crippen LogP contribution in [0.25, 0.3) is 10.9 Å². The van der Waals surface area contributed by atoms with Crippen LogP contribution >= 0.6 is 0 Å². The lowest BCUT2D eigenvalue weighted by Gasteiger charge is -2.39. The first-order valence-electron chi connectivity index (χ1n) is 8.23. The monoisotopic (exact) mass is 329 g/mol. The summed E-state index contributed by atoms with van der Waals surface area (Å²) in [7, 11) is 1.58. The van der Waals surface area contributed by atoms with Crippen molar-refractivity contribution in [3.05, 3.63) is 36.0 Å². The number of ether oxygens (including phenoxy) is 1. The van der Waals surface area contributed by atoms with Gasteiger partial charge in [-0.3, -0.25) is 9.59 Å². The second-order valence-corrected chi connectivity index (χ2v) is 6.23. The Balaban J connectivity index is 1.93. The second-order valence-electron chi connectivity index (χ2n) is 6.23. The van der Waals surface area contributed by atoms with Gasteiger partial charge >= 0.3 is 0 Å². The van der Waals surface area contributed by atoms with Crippen molar-refractivity contribution in [2.45, 2.75) is 26.0 Å². The molecule has 1 N–H and O–H groups in total. The average Bonchev–Trinajstić information content (AvgIpc) is 2.99. The molecule has 6 heteroatoms. The lowest BCUT2D eigenvalue weighted by molar-refractivity contribution is -0.153. The van der Waals surface area contributed by atoms with Crippen LogP contribution in [0.4, 0.5) is 0 Å². The maximum atomic E-state index is 13.1. The van der Waals surface area contributed by atoms with E-state index < -0.39 is 5.60 Å². The molecule has 1 aromatic heterocycles. The van der Waals surface area contributed by atoms with Crippen molar-refractivity contribution in [2.75, 3.05) is 26.7 Å². The van der Waals surface area contributed by atoms with Gasteiger partial charge in [0.15, 0.2) is 5.60 Å². The summed E-state index contributed by atoms with van der Waals surface area (Å²) in [6.07, 6.45) is 1.90. The molecule has 1 saturated heterocycles. The van der Waals surface area contributed by atoms with E-state index >= 15 is 0 Å². The summed E-state index contributed by atoms with van der Waals surface area (Å²) in [6.45, 7) is 5.65. The van der Waals surface area contributed by atoms with Crippen LogP contribution in [-0.4, -0.2) is 53.6 Å². The molecule has 1 aliphatic heterocycles. The quantitative estimate of drug-likeness (QED) is 0.931. The van der Waals surface area contributed by atoms with Crippen molar-refractivity contribution in [3.8, 4) is 0 Å². The Morgan fingerprint density at radius 1 is 1.33 bits per heavy atom. The molecule has 0 aliphatic carbocycles. The Morgan fingerprint density at radius 2 is 2.08 bits per heavy atom. The number of carbonyl (C=O) groups is 2. The van der Waals surface area contributed by atoms with Crippen LogP contribution in [0.3, 0.4) is 0 Å². The maximum absolute atomic E-state index is 13.1. The van der Waals surface area contributed by atoms with Crippen LogP contribution in [-0.2, 0) is 16.1 Å². The number of carbonyl (C=O) groups excluding carboxylic acids is 2. The molecular weight excluding hydrogens is 306 g/mol. The highest BCUT2D eigenvalue weighted by Gasteiger charge is 2.40. The molecule has 0 radical (unpaired) electrons. The van der Waals surface area contributed by atoms with Crippen LogP contribution in [0.2, 0.25) is 0 Å². The number of amides is 2. The summed E-state index contributed by atoms with van der Waals surface area (Å²) in [5.41, 5.74) is 0.713. The number of rotatable bonds is 3. The number of nitrogens with one attached hydrogen (secondary N) is 1. The smallest absolute Gasteiger partial charge is 0.256 e. The van der Waals surface area contributed by atoms with Crippen LogP contribution in [0, 0.1) is 0 Å². The predicted octanol–water partition coefficient (Wildman–Crippen LogP) is 1.64. The zero-order valence-electron chi connectivity index (χ0n) is 14.3. The van der Waals surface area contributed by atoms with E-state index in [1.165, 1.54) is 0 Å². The van der Waals surface area contributed by atoms with Gasteiger partial charge in [0, 0.05) is 37.2 Å². The number of aryl methyl sites for hydroxylation is 1. The first-order valence-corrected chi connectivity index (χ1v) is 8.23. The molecule has 1 unspecified atom stereocenters. The number of nitrogens with zero attached hydrogens (tertiary/aromatic N) is 2. The summed E-state index contributed by atoms with van der Waals surface area (Å²) >= 11 is 0. The fourth-order valence-electron chi connectivity index (χ4n) is 3.29. The van der Waals surface area contributed by atoms with Crippen molar-refractivity contribution in [3.63, 3.8) is 0 Å². The molecule has 1 atom stereocenters. The first-order chi connectivity index (χ1) is 11.5. The maximum Gasteiger partial charge on any atom is 0.256 e. The van der Waals surface area contributed by atoms with E-state index in [4.69, 9.17) is 4.74 Å². The Labute approximate surface area is 141 Å². The second kappa shape index (κ2) is 6.28. The number of fused-ring (bicyclic) bond motifs is 1. The van der Waals surface area contributed by atoms with Crippen molar-refractivity contribution in [1.82, 2.24) is 14.8 Å². The largest absolute Gasteiger partial charge is 0.362 e. The van der Waals surface area contributed by atoms with Gasteiger partial charge in [-0.25, -0.2) is 0 Å². The SMILES string of the molecule is CCn1cc(C(=O)N2CCOC(C)(C(=O)NC)C2)c2ccccc21. The summed E-state index contributed by atoms with van der Waals surface area (Å²) in [5, 5.41) is 3.55. The Hall–Kier alpha value is -2.34. The number of likely N-dealkylation sites (N-methyl/N-ethyl adjacent to an activating group) is 1. The van der Waals surface area contributed by atoms with Gasteiger partial charge in [-0.15, -0.1) is 0 Å².